The SMILES string of the molecule is Cc1cc(Cl)ccc1C(=O)N1CCC[C@]2(CCC[C@H]2O)C1. The van der Waals surface area contributed by atoms with Gasteiger partial charge in [0.05, 0.1) is 6.10 Å². The molecule has 2 atom stereocenters. The summed E-state index contributed by atoms with van der Waals surface area (Å²) < 4.78 is 0. The maximum Gasteiger partial charge on any atom is 0.254 e. The van der Waals surface area contributed by atoms with Crippen molar-refractivity contribution in [2.24, 2.45) is 5.41 Å². The lowest BCUT2D eigenvalue weighted by molar-refractivity contribution is -0.00538. The maximum atomic E-state index is 12.8. The van der Waals surface area contributed by atoms with Crippen LogP contribution in [-0.2, 0) is 0 Å². The molecule has 3 rings (SSSR count). The molecule has 4 heteroatoms. The Hall–Kier alpha value is -1.06. The molecule has 1 aliphatic carbocycles. The number of aliphatic hydroxyl groups excluding tert-OH is 1. The van der Waals surface area contributed by atoms with E-state index in [1.807, 2.05) is 24.0 Å². The van der Waals surface area contributed by atoms with E-state index in [1.165, 1.54) is 0 Å². The van der Waals surface area contributed by atoms with Crippen molar-refractivity contribution >= 4 is 17.5 Å². The summed E-state index contributed by atoms with van der Waals surface area (Å²) in [5, 5.41) is 11.0. The van der Waals surface area contributed by atoms with Gasteiger partial charge in [0.15, 0.2) is 0 Å². The molecule has 1 saturated heterocycles. The summed E-state index contributed by atoms with van der Waals surface area (Å²) in [7, 11) is 0. The Labute approximate surface area is 130 Å². The average Bonchev–Trinajstić information content (AvgIpc) is 2.79. The quantitative estimate of drug-likeness (QED) is 0.863. The van der Waals surface area contributed by atoms with Crippen LogP contribution in [0.3, 0.4) is 0 Å². The Morgan fingerprint density at radius 1 is 1.38 bits per heavy atom. The molecule has 0 radical (unpaired) electrons. The molecule has 0 aromatic heterocycles. The largest absolute Gasteiger partial charge is 0.392 e. The third-order valence-corrected chi connectivity index (χ3v) is 5.41. The highest BCUT2D eigenvalue weighted by Crippen LogP contribution is 2.45. The van der Waals surface area contributed by atoms with Crippen LogP contribution in [0.25, 0.3) is 0 Å². The van der Waals surface area contributed by atoms with Gasteiger partial charge in [-0.3, -0.25) is 4.79 Å². The molecule has 21 heavy (non-hydrogen) atoms. The van der Waals surface area contributed by atoms with Crippen molar-refractivity contribution in [3.05, 3.63) is 34.3 Å². The topological polar surface area (TPSA) is 40.5 Å². The lowest BCUT2D eigenvalue weighted by Gasteiger charge is -2.42. The molecule has 2 aliphatic rings. The Kier molecular flexibility index (Phi) is 3.98. The van der Waals surface area contributed by atoms with E-state index in [4.69, 9.17) is 11.6 Å². The van der Waals surface area contributed by atoms with Crippen molar-refractivity contribution in [3.8, 4) is 0 Å². The number of carbonyl (C=O) groups is 1. The minimum Gasteiger partial charge on any atom is -0.392 e. The van der Waals surface area contributed by atoms with Crippen LogP contribution in [0.5, 0.6) is 0 Å². The van der Waals surface area contributed by atoms with E-state index in [2.05, 4.69) is 0 Å². The van der Waals surface area contributed by atoms with E-state index in [9.17, 15) is 9.90 Å². The van der Waals surface area contributed by atoms with Gasteiger partial charge in [-0.15, -0.1) is 0 Å². The van der Waals surface area contributed by atoms with E-state index in [1.54, 1.807) is 6.07 Å². The van der Waals surface area contributed by atoms with Crippen LogP contribution in [0.15, 0.2) is 18.2 Å². The van der Waals surface area contributed by atoms with E-state index >= 15 is 0 Å². The van der Waals surface area contributed by atoms with Gasteiger partial charge in [-0.25, -0.2) is 0 Å². The smallest absolute Gasteiger partial charge is 0.254 e. The fourth-order valence-electron chi connectivity index (χ4n) is 3.97. The second kappa shape index (κ2) is 5.62. The lowest BCUT2D eigenvalue weighted by Crippen LogP contribution is -2.49. The number of aliphatic hydroxyl groups is 1. The summed E-state index contributed by atoms with van der Waals surface area (Å²) in [6.07, 6.45) is 4.76. The first-order valence-corrected chi connectivity index (χ1v) is 8.13. The third-order valence-electron chi connectivity index (χ3n) is 5.17. The number of hydrogen-bond acceptors (Lipinski definition) is 2. The standard InChI is InChI=1S/C17H22ClNO2/c1-12-10-13(18)5-6-14(12)16(21)19-9-3-8-17(11-19)7-2-4-15(17)20/h5-6,10,15,20H,2-4,7-9,11H2,1H3/t15-,17-/m1/s1. The molecule has 1 spiro atoms. The van der Waals surface area contributed by atoms with Gasteiger partial charge in [-0.2, -0.15) is 0 Å². The number of hydrogen-bond donors (Lipinski definition) is 1. The molecular formula is C17H22ClNO2. The van der Waals surface area contributed by atoms with Crippen LogP contribution in [-0.4, -0.2) is 35.1 Å². The number of aryl methyl sites for hydroxylation is 1. The van der Waals surface area contributed by atoms with Gasteiger partial charge in [0, 0.05) is 29.1 Å². The van der Waals surface area contributed by atoms with Gasteiger partial charge in [-0.1, -0.05) is 18.0 Å². The Balaban J connectivity index is 1.81. The molecule has 1 N–H and O–H groups in total. The zero-order valence-electron chi connectivity index (χ0n) is 12.4. The zero-order valence-corrected chi connectivity index (χ0v) is 13.2. The van der Waals surface area contributed by atoms with Crippen LogP contribution >= 0.6 is 11.6 Å². The highest BCUT2D eigenvalue weighted by molar-refractivity contribution is 6.30. The zero-order chi connectivity index (χ0) is 15.0. The summed E-state index contributed by atoms with van der Waals surface area (Å²) in [5.41, 5.74) is 1.58. The molecule has 0 bridgehead atoms. The molecule has 1 amide bonds. The number of rotatable bonds is 1. The molecular weight excluding hydrogens is 286 g/mol. The van der Waals surface area contributed by atoms with Gasteiger partial charge in [0.2, 0.25) is 0 Å². The number of likely N-dealkylation sites (tertiary alicyclic amines) is 1. The first-order valence-electron chi connectivity index (χ1n) is 7.75. The van der Waals surface area contributed by atoms with Crippen molar-refractivity contribution in [3.63, 3.8) is 0 Å². The van der Waals surface area contributed by atoms with Crippen molar-refractivity contribution in [2.45, 2.75) is 45.1 Å². The molecule has 114 valence electrons. The maximum absolute atomic E-state index is 12.8. The van der Waals surface area contributed by atoms with E-state index in [0.29, 0.717) is 11.6 Å². The number of benzene rings is 1. The molecule has 1 heterocycles. The van der Waals surface area contributed by atoms with E-state index < -0.39 is 0 Å². The molecule has 1 saturated carbocycles. The van der Waals surface area contributed by atoms with Crippen molar-refractivity contribution < 1.29 is 9.90 Å². The molecule has 2 fully saturated rings. The fraction of sp³-hybridized carbons (Fsp3) is 0.588. The highest BCUT2D eigenvalue weighted by atomic mass is 35.5. The second-order valence-electron chi connectivity index (χ2n) is 6.56. The van der Waals surface area contributed by atoms with Crippen LogP contribution < -0.4 is 0 Å². The van der Waals surface area contributed by atoms with E-state index in [0.717, 1.165) is 49.8 Å². The molecule has 1 aliphatic heterocycles. The monoisotopic (exact) mass is 307 g/mol. The van der Waals surface area contributed by atoms with Crippen molar-refractivity contribution in [2.75, 3.05) is 13.1 Å². The third kappa shape index (κ3) is 2.69. The van der Waals surface area contributed by atoms with Gasteiger partial charge in [-0.05, 0) is 56.4 Å². The van der Waals surface area contributed by atoms with E-state index in [-0.39, 0.29) is 17.4 Å². The number of amides is 1. The molecule has 1 aromatic carbocycles. The van der Waals surface area contributed by atoms with Gasteiger partial charge < -0.3 is 10.0 Å². The molecule has 3 nitrogen and oxygen atoms in total. The summed E-state index contributed by atoms with van der Waals surface area (Å²) >= 11 is 5.97. The lowest BCUT2D eigenvalue weighted by atomic mass is 9.76. The molecule has 0 unspecified atom stereocenters. The van der Waals surface area contributed by atoms with Crippen molar-refractivity contribution in [1.82, 2.24) is 4.90 Å². The summed E-state index contributed by atoms with van der Waals surface area (Å²) in [4.78, 5) is 14.7. The van der Waals surface area contributed by atoms with Gasteiger partial charge >= 0.3 is 0 Å². The number of carbonyl (C=O) groups excluding carboxylic acids is 1. The van der Waals surface area contributed by atoms with Crippen LogP contribution in [0, 0.1) is 12.3 Å². The Morgan fingerprint density at radius 2 is 2.14 bits per heavy atom. The second-order valence-corrected chi connectivity index (χ2v) is 7.00. The number of piperidine rings is 1. The predicted octanol–water partition coefficient (Wildman–Crippen LogP) is 3.42. The minimum atomic E-state index is -0.251. The van der Waals surface area contributed by atoms with Crippen LogP contribution in [0.2, 0.25) is 5.02 Å². The van der Waals surface area contributed by atoms with Gasteiger partial charge in [0.25, 0.3) is 5.91 Å². The Morgan fingerprint density at radius 3 is 2.81 bits per heavy atom. The van der Waals surface area contributed by atoms with Crippen LogP contribution in [0.4, 0.5) is 0 Å². The van der Waals surface area contributed by atoms with Gasteiger partial charge in [0.1, 0.15) is 0 Å². The fourth-order valence-corrected chi connectivity index (χ4v) is 4.19. The molecule has 1 aromatic rings. The number of nitrogens with zero attached hydrogens (tertiary/aromatic N) is 1. The van der Waals surface area contributed by atoms with Crippen molar-refractivity contribution in [1.29, 1.82) is 0 Å². The average molecular weight is 308 g/mol. The normalized spacial score (nSPS) is 29.1. The number of halogens is 1. The first kappa shape index (κ1) is 14.9. The summed E-state index contributed by atoms with van der Waals surface area (Å²) in [6.45, 7) is 3.40. The minimum absolute atomic E-state index is 0.0613. The summed E-state index contributed by atoms with van der Waals surface area (Å²) in [5.74, 6) is 0.0716. The first-order chi connectivity index (χ1) is 10.0. The van der Waals surface area contributed by atoms with Crippen LogP contribution in [0.1, 0.15) is 48.0 Å². The highest BCUT2D eigenvalue weighted by Gasteiger charge is 2.45. The predicted molar refractivity (Wildman–Crippen MR) is 83.6 cm³/mol. The Bertz CT molecular complexity index is 560. The summed E-state index contributed by atoms with van der Waals surface area (Å²) in [6, 6.07) is 5.41.